The highest BCUT2D eigenvalue weighted by atomic mass is 16.1. The van der Waals surface area contributed by atoms with Crippen molar-refractivity contribution in [3.8, 4) is 11.1 Å². The van der Waals surface area contributed by atoms with Crippen LogP contribution in [0.15, 0.2) is 53.8 Å². The van der Waals surface area contributed by atoms with E-state index in [1.54, 1.807) is 0 Å². The van der Waals surface area contributed by atoms with Gasteiger partial charge in [0, 0.05) is 30.3 Å². The number of aryl methyl sites for hydroxylation is 1. The largest absolute Gasteiger partial charge is 0.383 e. The zero-order valence-electron chi connectivity index (χ0n) is 16.4. The number of fused-ring (bicyclic) bond motifs is 2. The Balaban J connectivity index is 1.57. The fraction of sp³-hybridized carbons (Fsp3) is 0.280. The molecule has 1 aromatic carbocycles. The van der Waals surface area contributed by atoms with E-state index in [0.29, 0.717) is 6.42 Å². The topological polar surface area (TPSA) is 42.0 Å². The van der Waals surface area contributed by atoms with Crippen LogP contribution in [0.3, 0.4) is 0 Å². The molecule has 0 unspecified atom stereocenters. The molecule has 1 aromatic heterocycles. The number of nitrogens with zero attached hydrogens (tertiary/aromatic N) is 1. The number of anilines is 1. The maximum atomic E-state index is 12.7. The lowest BCUT2D eigenvalue weighted by Gasteiger charge is -2.21. The highest BCUT2D eigenvalue weighted by Gasteiger charge is 2.26. The van der Waals surface area contributed by atoms with Gasteiger partial charge in [-0.1, -0.05) is 29.9 Å². The lowest BCUT2D eigenvalue weighted by molar-refractivity contribution is -0.112. The lowest BCUT2D eigenvalue weighted by atomic mass is 9.94. The molecule has 2 aromatic rings. The van der Waals surface area contributed by atoms with Gasteiger partial charge in [0.2, 0.25) is 0 Å². The Labute approximate surface area is 165 Å². The summed E-state index contributed by atoms with van der Waals surface area (Å²) in [6, 6.07) is 6.43. The number of carbonyl (C=O) groups excluding carboxylic acids is 1. The Morgan fingerprint density at radius 2 is 2.00 bits per heavy atom. The third kappa shape index (κ3) is 2.82. The Hall–Kier alpha value is -2.94. The number of hydrogen-bond acceptors (Lipinski definition) is 3. The van der Waals surface area contributed by atoms with Gasteiger partial charge in [-0.15, -0.1) is 0 Å². The molecule has 0 fully saturated rings. The van der Waals surface area contributed by atoms with Crippen LogP contribution >= 0.6 is 0 Å². The smallest absolute Gasteiger partial charge is 0.167 e. The molecule has 2 aliphatic carbocycles. The van der Waals surface area contributed by atoms with Crippen molar-refractivity contribution in [2.75, 3.05) is 11.9 Å². The molecule has 0 saturated heterocycles. The SMILES string of the molecule is CC1=CC=C(/C=C2\C(=O)Cc3ccc(-c4cnc5c(c4C)NCCC5)cc32)C1. The fourth-order valence-electron chi connectivity index (χ4n) is 4.54. The molecular weight excluding hydrogens is 344 g/mol. The molecule has 3 nitrogen and oxygen atoms in total. The summed E-state index contributed by atoms with van der Waals surface area (Å²) in [6.45, 7) is 5.30. The van der Waals surface area contributed by atoms with E-state index in [4.69, 9.17) is 4.98 Å². The monoisotopic (exact) mass is 368 g/mol. The number of benzene rings is 1. The van der Waals surface area contributed by atoms with E-state index < -0.39 is 0 Å². The Morgan fingerprint density at radius 1 is 1.11 bits per heavy atom. The molecule has 2 heterocycles. The number of hydrogen-bond donors (Lipinski definition) is 1. The summed E-state index contributed by atoms with van der Waals surface area (Å²) >= 11 is 0. The third-order valence-corrected chi connectivity index (χ3v) is 6.07. The maximum absolute atomic E-state index is 12.7. The van der Waals surface area contributed by atoms with Crippen LogP contribution in [0, 0.1) is 6.92 Å². The number of pyridine rings is 1. The van der Waals surface area contributed by atoms with Gasteiger partial charge in [-0.25, -0.2) is 0 Å². The second-order valence-electron chi connectivity index (χ2n) is 8.11. The van der Waals surface area contributed by atoms with Gasteiger partial charge in [0.25, 0.3) is 0 Å². The summed E-state index contributed by atoms with van der Waals surface area (Å²) in [5.74, 6) is 0.222. The fourth-order valence-corrected chi connectivity index (χ4v) is 4.54. The quantitative estimate of drug-likeness (QED) is 0.741. The van der Waals surface area contributed by atoms with Gasteiger partial charge in [-0.2, -0.15) is 0 Å². The number of aromatic nitrogens is 1. The van der Waals surface area contributed by atoms with Crippen molar-refractivity contribution in [3.63, 3.8) is 0 Å². The van der Waals surface area contributed by atoms with Gasteiger partial charge in [0.1, 0.15) is 0 Å². The molecule has 0 amide bonds. The predicted octanol–water partition coefficient (Wildman–Crippen LogP) is 5.20. The highest BCUT2D eigenvalue weighted by Crippen LogP contribution is 2.38. The van der Waals surface area contributed by atoms with E-state index in [0.717, 1.165) is 53.6 Å². The van der Waals surface area contributed by atoms with Gasteiger partial charge in [0.15, 0.2) is 5.78 Å². The van der Waals surface area contributed by atoms with Gasteiger partial charge in [-0.3, -0.25) is 9.78 Å². The zero-order chi connectivity index (χ0) is 19.3. The van der Waals surface area contributed by atoms with Gasteiger partial charge in [0.05, 0.1) is 11.4 Å². The lowest BCUT2D eigenvalue weighted by Crippen LogP contribution is -2.14. The van der Waals surface area contributed by atoms with E-state index in [1.165, 1.54) is 28.1 Å². The van der Waals surface area contributed by atoms with Gasteiger partial charge >= 0.3 is 0 Å². The van der Waals surface area contributed by atoms with Crippen molar-refractivity contribution in [2.24, 2.45) is 0 Å². The van der Waals surface area contributed by atoms with E-state index in [-0.39, 0.29) is 5.78 Å². The molecule has 3 aliphatic rings. The number of rotatable bonds is 2. The molecule has 28 heavy (non-hydrogen) atoms. The molecule has 0 bridgehead atoms. The maximum Gasteiger partial charge on any atom is 0.167 e. The molecule has 0 spiro atoms. The molecular formula is C25H24N2O. The first-order valence-electron chi connectivity index (χ1n) is 10.1. The van der Waals surface area contributed by atoms with Crippen LogP contribution in [0.5, 0.6) is 0 Å². The molecule has 1 N–H and O–H groups in total. The van der Waals surface area contributed by atoms with Crippen molar-refractivity contribution in [3.05, 3.63) is 76.2 Å². The molecule has 140 valence electrons. The Bertz CT molecular complexity index is 1100. The highest BCUT2D eigenvalue weighted by molar-refractivity contribution is 6.26. The second kappa shape index (κ2) is 6.59. The minimum atomic E-state index is 0.222. The van der Waals surface area contributed by atoms with Gasteiger partial charge < -0.3 is 5.32 Å². The predicted molar refractivity (Wildman–Crippen MR) is 114 cm³/mol. The zero-order valence-corrected chi connectivity index (χ0v) is 16.4. The average molecular weight is 368 g/mol. The van der Waals surface area contributed by atoms with Crippen LogP contribution < -0.4 is 5.32 Å². The van der Waals surface area contributed by atoms with Crippen LogP contribution in [0.2, 0.25) is 0 Å². The third-order valence-electron chi connectivity index (χ3n) is 6.07. The summed E-state index contributed by atoms with van der Waals surface area (Å²) in [6.07, 6.45) is 12.0. The van der Waals surface area contributed by atoms with Crippen molar-refractivity contribution >= 4 is 17.0 Å². The van der Waals surface area contributed by atoms with Crippen molar-refractivity contribution in [1.29, 1.82) is 0 Å². The standard InChI is InChI=1S/C25H24N2O/c1-15-5-6-17(10-15)11-21-20-12-18(7-8-19(20)13-24(21)28)22-14-27-23-4-3-9-26-25(23)16(22)2/h5-8,11-12,14,26H,3-4,9-10,13H2,1-2H3/b21-11-. The summed E-state index contributed by atoms with van der Waals surface area (Å²) in [4.78, 5) is 17.4. The van der Waals surface area contributed by atoms with Crippen molar-refractivity contribution in [2.45, 2.75) is 39.5 Å². The first kappa shape index (κ1) is 17.2. The van der Waals surface area contributed by atoms with E-state index in [2.05, 4.69) is 55.6 Å². The Morgan fingerprint density at radius 3 is 2.82 bits per heavy atom. The number of allylic oxidation sites excluding steroid dienone is 6. The van der Waals surface area contributed by atoms with E-state index in [9.17, 15) is 4.79 Å². The second-order valence-corrected chi connectivity index (χ2v) is 8.11. The number of nitrogens with one attached hydrogen (secondary N) is 1. The summed E-state index contributed by atoms with van der Waals surface area (Å²) < 4.78 is 0. The molecule has 1 aliphatic heterocycles. The first-order valence-corrected chi connectivity index (χ1v) is 10.1. The summed E-state index contributed by atoms with van der Waals surface area (Å²) in [7, 11) is 0. The average Bonchev–Trinajstić information content (AvgIpc) is 3.25. The van der Waals surface area contributed by atoms with E-state index in [1.807, 2.05) is 6.20 Å². The van der Waals surface area contributed by atoms with Crippen LogP contribution in [-0.4, -0.2) is 17.3 Å². The molecule has 0 radical (unpaired) electrons. The minimum absolute atomic E-state index is 0.222. The number of carbonyl (C=O) groups is 1. The molecule has 5 rings (SSSR count). The normalized spacial score (nSPS) is 19.2. The summed E-state index contributed by atoms with van der Waals surface area (Å²) in [5.41, 5.74) is 11.5. The number of ketones is 1. The van der Waals surface area contributed by atoms with Crippen molar-refractivity contribution < 1.29 is 4.79 Å². The molecule has 0 saturated carbocycles. The van der Waals surface area contributed by atoms with Gasteiger partial charge in [-0.05, 0) is 73.1 Å². The van der Waals surface area contributed by atoms with Crippen LogP contribution in [0.25, 0.3) is 16.7 Å². The van der Waals surface area contributed by atoms with Crippen molar-refractivity contribution in [1.82, 2.24) is 4.98 Å². The number of Topliss-reactive ketones (excluding diaryl/α,β-unsaturated/α-hetero) is 1. The molecule has 0 atom stereocenters. The molecule has 3 heteroatoms. The van der Waals surface area contributed by atoms with E-state index >= 15 is 0 Å². The van der Waals surface area contributed by atoms with Crippen LogP contribution in [0.1, 0.15) is 42.1 Å². The van der Waals surface area contributed by atoms with Crippen LogP contribution in [0.4, 0.5) is 5.69 Å². The first-order chi connectivity index (χ1) is 13.6. The van der Waals surface area contributed by atoms with Crippen LogP contribution in [-0.2, 0) is 17.6 Å². The Kier molecular flexibility index (Phi) is 4.04. The minimum Gasteiger partial charge on any atom is -0.383 e. The summed E-state index contributed by atoms with van der Waals surface area (Å²) in [5, 5.41) is 3.52.